The summed E-state index contributed by atoms with van der Waals surface area (Å²) in [7, 11) is 0. The number of nitro groups is 1. The number of nitrogens with zero attached hydrogens (tertiary/aromatic N) is 3. The fraction of sp³-hybridized carbons (Fsp3) is 0.600. The number of non-ortho nitro benzene ring substituents is 1. The molecule has 1 aromatic carbocycles. The first kappa shape index (κ1) is 19.8. The molecule has 2 aliphatic heterocycles. The summed E-state index contributed by atoms with van der Waals surface area (Å²) in [5.74, 6) is -0.524. The van der Waals surface area contributed by atoms with Crippen LogP contribution in [0.4, 0.5) is 15.8 Å². The highest BCUT2D eigenvalue weighted by molar-refractivity contribution is 5.52. The van der Waals surface area contributed by atoms with Crippen molar-refractivity contribution in [3.8, 4) is 0 Å². The van der Waals surface area contributed by atoms with Crippen molar-refractivity contribution in [2.75, 3.05) is 44.2 Å². The third-order valence-corrected chi connectivity index (χ3v) is 6.39. The lowest BCUT2D eigenvalue weighted by Crippen LogP contribution is -2.61. The van der Waals surface area contributed by atoms with E-state index in [9.17, 15) is 14.5 Å². The van der Waals surface area contributed by atoms with Crippen molar-refractivity contribution in [1.82, 2.24) is 10.2 Å². The summed E-state index contributed by atoms with van der Waals surface area (Å²) in [6, 6.07) is 4.36. The molecule has 27 heavy (non-hydrogen) atoms. The van der Waals surface area contributed by atoms with Gasteiger partial charge in [-0.3, -0.25) is 15.0 Å². The van der Waals surface area contributed by atoms with Gasteiger partial charge in [0.2, 0.25) is 0 Å². The quantitative estimate of drug-likeness (QED) is 0.486. The minimum atomic E-state index is -0.566. The number of hydrogen-bond acceptors (Lipinski definition) is 5. The number of halogens is 1. The Morgan fingerprint density at radius 3 is 2.67 bits per heavy atom. The van der Waals surface area contributed by atoms with Crippen LogP contribution in [0.3, 0.4) is 0 Å². The Bertz CT molecular complexity index is 718. The number of rotatable bonds is 5. The number of piperidine rings is 1. The minimum Gasteiger partial charge on any atom is -0.367 e. The topological polar surface area (TPSA) is 61.6 Å². The fourth-order valence-electron chi connectivity index (χ4n) is 4.71. The molecule has 148 valence electrons. The summed E-state index contributed by atoms with van der Waals surface area (Å²) >= 11 is 0. The zero-order valence-electron chi connectivity index (χ0n) is 16.2. The molecule has 7 heteroatoms. The maximum absolute atomic E-state index is 14.4. The van der Waals surface area contributed by atoms with Crippen molar-refractivity contribution in [1.29, 1.82) is 0 Å². The molecule has 2 unspecified atom stereocenters. The normalized spacial score (nSPS) is 26.8. The largest absolute Gasteiger partial charge is 0.367 e. The Hall–Kier alpha value is -1.99. The van der Waals surface area contributed by atoms with Crippen molar-refractivity contribution in [2.24, 2.45) is 5.41 Å². The number of nitrogens with one attached hydrogen (secondary N) is 1. The predicted molar refractivity (Wildman–Crippen MR) is 106 cm³/mol. The second-order valence-corrected chi connectivity index (χ2v) is 7.69. The molecular formula is C20H29FN4O2. The molecule has 0 bridgehead atoms. The summed E-state index contributed by atoms with van der Waals surface area (Å²) < 4.78 is 14.4. The summed E-state index contributed by atoms with van der Waals surface area (Å²) in [5, 5.41) is 14.3. The van der Waals surface area contributed by atoms with Gasteiger partial charge in [0.1, 0.15) is 0 Å². The van der Waals surface area contributed by atoms with Crippen molar-refractivity contribution in [3.05, 3.63) is 46.3 Å². The van der Waals surface area contributed by atoms with Crippen LogP contribution in [-0.2, 0) is 0 Å². The first-order valence-electron chi connectivity index (χ1n) is 9.68. The average molecular weight is 376 g/mol. The molecule has 0 radical (unpaired) electrons. The Labute approximate surface area is 160 Å². The highest BCUT2D eigenvalue weighted by Gasteiger charge is 2.43. The van der Waals surface area contributed by atoms with Crippen LogP contribution >= 0.6 is 0 Å². The van der Waals surface area contributed by atoms with Crippen LogP contribution in [0.2, 0.25) is 0 Å². The van der Waals surface area contributed by atoms with Gasteiger partial charge in [0.05, 0.1) is 16.7 Å². The second-order valence-electron chi connectivity index (χ2n) is 7.69. The lowest BCUT2D eigenvalue weighted by molar-refractivity contribution is -0.385. The number of piperazine rings is 1. The highest BCUT2D eigenvalue weighted by Crippen LogP contribution is 2.40. The zero-order valence-corrected chi connectivity index (χ0v) is 16.2. The number of benzene rings is 1. The third-order valence-electron chi connectivity index (χ3n) is 6.39. The van der Waals surface area contributed by atoms with Crippen LogP contribution in [-0.4, -0.2) is 55.1 Å². The minimum absolute atomic E-state index is 0.0824. The monoisotopic (exact) mass is 376 g/mol. The van der Waals surface area contributed by atoms with E-state index >= 15 is 0 Å². The van der Waals surface area contributed by atoms with Gasteiger partial charge in [0.15, 0.2) is 5.82 Å². The van der Waals surface area contributed by atoms with E-state index in [1.165, 1.54) is 17.7 Å². The molecule has 2 saturated heterocycles. The van der Waals surface area contributed by atoms with Crippen molar-refractivity contribution in [2.45, 2.75) is 32.7 Å². The number of anilines is 1. The van der Waals surface area contributed by atoms with Gasteiger partial charge in [-0.05, 0) is 32.4 Å². The lowest BCUT2D eigenvalue weighted by atomic mass is 9.69. The molecule has 1 aromatic rings. The zero-order chi connectivity index (χ0) is 19.6. The highest BCUT2D eigenvalue weighted by atomic mass is 19.1. The molecular weight excluding hydrogens is 347 g/mol. The molecule has 0 amide bonds. The Morgan fingerprint density at radius 2 is 2.11 bits per heavy atom. The van der Waals surface area contributed by atoms with Crippen LogP contribution in [0.1, 0.15) is 26.7 Å². The van der Waals surface area contributed by atoms with Crippen LogP contribution in [0.5, 0.6) is 0 Å². The summed E-state index contributed by atoms with van der Waals surface area (Å²) in [5.41, 5.74) is 1.55. The number of nitro benzene ring substituents is 1. The first-order chi connectivity index (χ1) is 12.9. The molecule has 0 aromatic heterocycles. The van der Waals surface area contributed by atoms with Gasteiger partial charge in [-0.25, -0.2) is 4.39 Å². The van der Waals surface area contributed by atoms with E-state index in [0.717, 1.165) is 45.1 Å². The standard InChI is InChI=1S/C20H29FN4O2/c1-4-20(15(2)3)14-22-8-7-19(20)24-11-9-23(10-12-24)18-6-5-16(25(26)27)13-17(18)21/h5-6,13,19,22H,2,4,7-12,14H2,1,3H3. The van der Waals surface area contributed by atoms with Crippen LogP contribution in [0.15, 0.2) is 30.4 Å². The smallest absolute Gasteiger partial charge is 0.272 e. The van der Waals surface area contributed by atoms with Gasteiger partial charge in [0, 0.05) is 50.2 Å². The molecule has 2 aliphatic rings. The molecule has 2 atom stereocenters. The number of hydrogen-bond donors (Lipinski definition) is 1. The lowest BCUT2D eigenvalue weighted by Gasteiger charge is -2.52. The van der Waals surface area contributed by atoms with Gasteiger partial charge in [0.25, 0.3) is 5.69 Å². The van der Waals surface area contributed by atoms with Gasteiger partial charge in [-0.1, -0.05) is 19.1 Å². The van der Waals surface area contributed by atoms with E-state index in [0.29, 0.717) is 24.8 Å². The van der Waals surface area contributed by atoms with E-state index in [4.69, 9.17) is 0 Å². The van der Waals surface area contributed by atoms with Gasteiger partial charge in [-0.15, -0.1) is 0 Å². The Balaban J connectivity index is 1.71. The van der Waals surface area contributed by atoms with E-state index in [1.807, 2.05) is 4.90 Å². The Morgan fingerprint density at radius 1 is 1.41 bits per heavy atom. The van der Waals surface area contributed by atoms with Crippen molar-refractivity contribution in [3.63, 3.8) is 0 Å². The summed E-state index contributed by atoms with van der Waals surface area (Å²) in [6.45, 7) is 13.8. The fourth-order valence-corrected chi connectivity index (χ4v) is 4.71. The molecule has 0 saturated carbocycles. The van der Waals surface area contributed by atoms with Crippen LogP contribution in [0.25, 0.3) is 0 Å². The van der Waals surface area contributed by atoms with E-state index < -0.39 is 10.7 Å². The van der Waals surface area contributed by atoms with Gasteiger partial charge in [-0.2, -0.15) is 0 Å². The first-order valence-corrected chi connectivity index (χ1v) is 9.68. The SMILES string of the molecule is C=C(C)C1(CC)CNCCC1N1CCN(c2ccc([N+](=O)[O-])cc2F)CC1. The van der Waals surface area contributed by atoms with Crippen LogP contribution in [0, 0.1) is 21.3 Å². The molecule has 0 aliphatic carbocycles. The molecule has 2 heterocycles. The Kier molecular flexibility index (Phi) is 5.81. The maximum Gasteiger partial charge on any atom is 0.272 e. The van der Waals surface area contributed by atoms with Crippen molar-refractivity contribution < 1.29 is 9.31 Å². The summed E-state index contributed by atoms with van der Waals surface area (Å²) in [4.78, 5) is 14.8. The molecule has 2 fully saturated rings. The van der Waals surface area contributed by atoms with E-state index in [-0.39, 0.29) is 11.1 Å². The van der Waals surface area contributed by atoms with Crippen molar-refractivity contribution >= 4 is 11.4 Å². The van der Waals surface area contributed by atoms with Gasteiger partial charge < -0.3 is 10.2 Å². The van der Waals surface area contributed by atoms with E-state index in [2.05, 4.69) is 30.6 Å². The molecule has 1 N–H and O–H groups in total. The second kappa shape index (κ2) is 7.94. The predicted octanol–water partition coefficient (Wildman–Crippen LogP) is 3.19. The maximum atomic E-state index is 14.4. The molecule has 6 nitrogen and oxygen atoms in total. The summed E-state index contributed by atoms with van der Waals surface area (Å²) in [6.07, 6.45) is 2.14. The molecule has 0 spiro atoms. The molecule has 3 rings (SSSR count). The third kappa shape index (κ3) is 3.71. The van der Waals surface area contributed by atoms with E-state index in [1.54, 1.807) is 0 Å². The van der Waals surface area contributed by atoms with Gasteiger partial charge >= 0.3 is 0 Å². The van der Waals surface area contributed by atoms with Crippen LogP contribution < -0.4 is 10.2 Å². The average Bonchev–Trinajstić information content (AvgIpc) is 2.67.